The Hall–Kier alpha value is -4.02. The van der Waals surface area contributed by atoms with Gasteiger partial charge in [-0.3, -0.25) is 14.1 Å². The standard InChI is InChI=1S/C32H34FN5O3S/c1-32(2,37-15-17-42(39,40)18-16-37)14-13-24-21-38(25-20-34-36(3)22-25)31-27(24)10-11-29(35-31)23-9-12-30(28(33)19-23)41-26-7-5-4-6-8-26/h4-12,19-22H,13-18H2,1-3H3. The lowest BCUT2D eigenvalue weighted by atomic mass is 9.93. The summed E-state index contributed by atoms with van der Waals surface area (Å²) >= 11 is 0. The van der Waals surface area contributed by atoms with Crippen molar-refractivity contribution in [1.29, 1.82) is 0 Å². The Kier molecular flexibility index (Phi) is 7.36. The van der Waals surface area contributed by atoms with E-state index in [2.05, 4.69) is 30.0 Å². The van der Waals surface area contributed by atoms with Gasteiger partial charge >= 0.3 is 0 Å². The summed E-state index contributed by atoms with van der Waals surface area (Å²) in [7, 11) is -1.06. The van der Waals surface area contributed by atoms with Crippen molar-refractivity contribution in [3.8, 4) is 28.4 Å². The molecule has 0 amide bonds. The number of halogens is 1. The molecule has 42 heavy (non-hydrogen) atoms. The highest BCUT2D eigenvalue weighted by molar-refractivity contribution is 7.91. The number of hydrogen-bond donors (Lipinski definition) is 0. The van der Waals surface area contributed by atoms with E-state index in [0.29, 0.717) is 30.1 Å². The average molecular weight is 588 g/mol. The first-order chi connectivity index (χ1) is 20.1. The lowest BCUT2D eigenvalue weighted by molar-refractivity contribution is 0.123. The van der Waals surface area contributed by atoms with Gasteiger partial charge in [0.2, 0.25) is 0 Å². The van der Waals surface area contributed by atoms with Crippen molar-refractivity contribution >= 4 is 20.9 Å². The van der Waals surface area contributed by atoms with Crippen LogP contribution in [0.25, 0.3) is 28.0 Å². The summed E-state index contributed by atoms with van der Waals surface area (Å²) in [5, 5.41) is 5.37. The molecule has 1 aliphatic heterocycles. The molecule has 1 aliphatic rings. The van der Waals surface area contributed by atoms with E-state index < -0.39 is 15.7 Å². The summed E-state index contributed by atoms with van der Waals surface area (Å²) in [6, 6.07) is 18.0. The number of pyridine rings is 1. The fourth-order valence-corrected chi connectivity index (χ4v) is 6.73. The van der Waals surface area contributed by atoms with Crippen molar-refractivity contribution in [2.45, 2.75) is 32.2 Å². The van der Waals surface area contributed by atoms with Crippen LogP contribution in [-0.2, 0) is 23.3 Å². The zero-order valence-electron chi connectivity index (χ0n) is 24.0. The van der Waals surface area contributed by atoms with Gasteiger partial charge in [0.15, 0.2) is 21.4 Å². The van der Waals surface area contributed by atoms with Gasteiger partial charge in [-0.2, -0.15) is 5.10 Å². The Labute approximate surface area is 245 Å². The number of para-hydroxylation sites is 1. The third kappa shape index (κ3) is 5.82. The molecule has 1 fully saturated rings. The number of fused-ring (bicyclic) bond motifs is 1. The molecule has 1 saturated heterocycles. The number of nitrogens with zero attached hydrogens (tertiary/aromatic N) is 5. The summed E-state index contributed by atoms with van der Waals surface area (Å²) in [4.78, 5) is 7.28. The normalized spacial score (nSPS) is 15.7. The SMILES string of the molecule is Cn1cc(-n2cc(CCC(C)(C)N3CCS(=O)(=O)CC3)c3ccc(-c4ccc(Oc5ccccc5)c(F)c4)nc32)cn1. The van der Waals surface area contributed by atoms with E-state index in [1.54, 1.807) is 29.1 Å². The number of aromatic nitrogens is 4. The summed E-state index contributed by atoms with van der Waals surface area (Å²) in [6.45, 7) is 5.48. The molecular formula is C32H34FN5O3S. The fraction of sp³-hybridized carbons (Fsp3) is 0.312. The van der Waals surface area contributed by atoms with E-state index in [0.717, 1.165) is 35.1 Å². The van der Waals surface area contributed by atoms with Crippen LogP contribution in [-0.4, -0.2) is 62.8 Å². The molecule has 0 radical (unpaired) electrons. The van der Waals surface area contributed by atoms with E-state index in [1.807, 2.05) is 54.2 Å². The van der Waals surface area contributed by atoms with Crippen LogP contribution in [0.1, 0.15) is 25.8 Å². The maximum atomic E-state index is 15.1. The molecule has 10 heteroatoms. The van der Waals surface area contributed by atoms with Gasteiger partial charge < -0.3 is 4.74 Å². The molecule has 0 saturated carbocycles. The summed E-state index contributed by atoms with van der Waals surface area (Å²) in [5.74, 6) is 0.682. The molecule has 0 bridgehead atoms. The molecule has 0 unspecified atom stereocenters. The van der Waals surface area contributed by atoms with Crippen LogP contribution in [0.15, 0.2) is 79.3 Å². The first-order valence-electron chi connectivity index (χ1n) is 14.1. The molecule has 0 aliphatic carbocycles. The van der Waals surface area contributed by atoms with E-state index >= 15 is 4.39 Å². The number of benzene rings is 2. The number of hydrogen-bond acceptors (Lipinski definition) is 6. The first kappa shape index (κ1) is 28.1. The third-order valence-electron chi connectivity index (χ3n) is 8.11. The van der Waals surface area contributed by atoms with Crippen LogP contribution in [0.2, 0.25) is 0 Å². The van der Waals surface area contributed by atoms with Gasteiger partial charge in [-0.05, 0) is 74.7 Å². The maximum absolute atomic E-state index is 15.1. The fourth-order valence-electron chi connectivity index (χ4n) is 5.53. The van der Waals surface area contributed by atoms with E-state index in [-0.39, 0.29) is 22.8 Å². The minimum Gasteiger partial charge on any atom is -0.454 e. The number of rotatable bonds is 8. The van der Waals surface area contributed by atoms with Crippen LogP contribution in [0.4, 0.5) is 4.39 Å². The molecule has 3 aromatic heterocycles. The predicted molar refractivity (Wildman–Crippen MR) is 162 cm³/mol. The molecule has 0 atom stereocenters. The van der Waals surface area contributed by atoms with Crippen molar-refractivity contribution in [1.82, 2.24) is 24.2 Å². The predicted octanol–water partition coefficient (Wildman–Crippen LogP) is 5.80. The minimum atomic E-state index is -2.94. The highest BCUT2D eigenvalue weighted by Crippen LogP contribution is 2.32. The maximum Gasteiger partial charge on any atom is 0.166 e. The second-order valence-corrected chi connectivity index (χ2v) is 13.8. The van der Waals surface area contributed by atoms with Gasteiger partial charge in [-0.25, -0.2) is 17.8 Å². The summed E-state index contributed by atoms with van der Waals surface area (Å²) in [5.41, 5.74) is 3.93. The topological polar surface area (TPSA) is 82.2 Å². The third-order valence-corrected chi connectivity index (χ3v) is 9.72. The first-order valence-corrected chi connectivity index (χ1v) is 15.9. The number of ether oxygens (including phenoxy) is 1. The molecule has 4 heterocycles. The van der Waals surface area contributed by atoms with Crippen LogP contribution < -0.4 is 4.74 Å². The Morgan fingerprint density at radius 3 is 2.45 bits per heavy atom. The molecular weight excluding hydrogens is 553 g/mol. The van der Waals surface area contributed by atoms with Crippen LogP contribution >= 0.6 is 0 Å². The lowest BCUT2D eigenvalue weighted by Gasteiger charge is -2.41. The van der Waals surface area contributed by atoms with Gasteiger partial charge in [-0.15, -0.1) is 0 Å². The van der Waals surface area contributed by atoms with Crippen LogP contribution in [0, 0.1) is 5.82 Å². The highest BCUT2D eigenvalue weighted by Gasteiger charge is 2.32. The number of sulfone groups is 1. The van der Waals surface area contributed by atoms with Gasteiger partial charge in [0.05, 0.1) is 29.1 Å². The zero-order chi connectivity index (χ0) is 29.5. The van der Waals surface area contributed by atoms with Gasteiger partial charge in [0, 0.05) is 49.0 Å². The molecule has 0 N–H and O–H groups in total. The number of aryl methyl sites for hydroxylation is 2. The second-order valence-electron chi connectivity index (χ2n) is 11.5. The van der Waals surface area contributed by atoms with E-state index in [1.165, 1.54) is 6.07 Å². The smallest absolute Gasteiger partial charge is 0.166 e. The second kappa shape index (κ2) is 11.0. The van der Waals surface area contributed by atoms with Crippen LogP contribution in [0.3, 0.4) is 0 Å². The molecule has 218 valence electrons. The molecule has 6 rings (SSSR count). The van der Waals surface area contributed by atoms with Crippen molar-refractivity contribution in [2.75, 3.05) is 24.6 Å². The van der Waals surface area contributed by atoms with E-state index in [4.69, 9.17) is 9.72 Å². The van der Waals surface area contributed by atoms with Crippen molar-refractivity contribution in [3.63, 3.8) is 0 Å². The van der Waals surface area contributed by atoms with Gasteiger partial charge in [-0.1, -0.05) is 18.2 Å². The average Bonchev–Trinajstić information content (AvgIpc) is 3.56. The largest absolute Gasteiger partial charge is 0.454 e. The molecule has 5 aromatic rings. The molecule has 0 spiro atoms. The van der Waals surface area contributed by atoms with Crippen molar-refractivity contribution in [3.05, 3.63) is 90.6 Å². The highest BCUT2D eigenvalue weighted by atomic mass is 32.2. The lowest BCUT2D eigenvalue weighted by Crippen LogP contribution is -2.51. The minimum absolute atomic E-state index is 0.154. The monoisotopic (exact) mass is 587 g/mol. The Morgan fingerprint density at radius 2 is 1.76 bits per heavy atom. The van der Waals surface area contributed by atoms with Crippen molar-refractivity contribution in [2.24, 2.45) is 7.05 Å². The van der Waals surface area contributed by atoms with Gasteiger partial charge in [0.25, 0.3) is 0 Å². The Bertz CT molecular complexity index is 1830. The Balaban J connectivity index is 1.30. The molecule has 2 aromatic carbocycles. The van der Waals surface area contributed by atoms with E-state index in [9.17, 15) is 8.42 Å². The van der Waals surface area contributed by atoms with Crippen LogP contribution in [0.5, 0.6) is 11.5 Å². The Morgan fingerprint density at radius 1 is 1.00 bits per heavy atom. The summed E-state index contributed by atoms with van der Waals surface area (Å²) < 4.78 is 48.5. The molecule has 8 nitrogen and oxygen atoms in total. The van der Waals surface area contributed by atoms with Crippen molar-refractivity contribution < 1.29 is 17.5 Å². The van der Waals surface area contributed by atoms with Gasteiger partial charge in [0.1, 0.15) is 11.4 Å². The summed E-state index contributed by atoms with van der Waals surface area (Å²) in [6.07, 6.45) is 7.49. The quantitative estimate of drug-likeness (QED) is 0.228. The zero-order valence-corrected chi connectivity index (χ0v) is 24.8.